The number of carbonyl (C=O) groups is 3. The van der Waals surface area contributed by atoms with Crippen LogP contribution in [0.5, 0.6) is 0 Å². The third kappa shape index (κ3) is 6.60. The van der Waals surface area contributed by atoms with Gasteiger partial charge in [0.25, 0.3) is 5.91 Å². The standard InChI is InChI=1S/C11H17NO3/c1-2-7-11(15)12(10-14)8-5-3-4-6-9-13/h2,7,9-10H,3-6,8H2,1H3/b7-2-. The molecule has 0 aliphatic carbocycles. The van der Waals surface area contributed by atoms with Gasteiger partial charge in [-0.2, -0.15) is 0 Å². The van der Waals surface area contributed by atoms with Crippen LogP contribution in [0, 0.1) is 0 Å². The number of carbonyl (C=O) groups excluding carboxylic acids is 3. The smallest absolute Gasteiger partial charge is 0.252 e. The van der Waals surface area contributed by atoms with Crippen molar-refractivity contribution in [3.63, 3.8) is 0 Å². The Hall–Kier alpha value is -1.45. The third-order valence-corrected chi connectivity index (χ3v) is 1.94. The van der Waals surface area contributed by atoms with Crippen LogP contribution >= 0.6 is 0 Å². The lowest BCUT2D eigenvalue weighted by Gasteiger charge is -2.12. The highest BCUT2D eigenvalue weighted by molar-refractivity contribution is 5.94. The molecule has 0 spiro atoms. The Morgan fingerprint density at radius 2 is 1.93 bits per heavy atom. The first-order chi connectivity index (χ1) is 7.26. The van der Waals surface area contributed by atoms with Gasteiger partial charge in [-0.25, -0.2) is 0 Å². The van der Waals surface area contributed by atoms with Gasteiger partial charge in [0.1, 0.15) is 6.29 Å². The summed E-state index contributed by atoms with van der Waals surface area (Å²) in [6, 6.07) is 0. The summed E-state index contributed by atoms with van der Waals surface area (Å²) in [7, 11) is 0. The second-order valence-electron chi connectivity index (χ2n) is 3.15. The normalized spacial score (nSPS) is 10.2. The molecule has 0 aromatic heterocycles. The highest BCUT2D eigenvalue weighted by atomic mass is 16.2. The highest BCUT2D eigenvalue weighted by Gasteiger charge is 2.07. The Balaban J connectivity index is 3.75. The number of imide groups is 1. The number of aldehydes is 1. The average Bonchev–Trinajstić information content (AvgIpc) is 2.23. The summed E-state index contributed by atoms with van der Waals surface area (Å²) in [6.45, 7) is 2.15. The zero-order valence-electron chi connectivity index (χ0n) is 9.02. The van der Waals surface area contributed by atoms with E-state index in [1.807, 2.05) is 0 Å². The molecule has 4 heteroatoms. The molecule has 0 aliphatic heterocycles. The van der Waals surface area contributed by atoms with E-state index >= 15 is 0 Å². The van der Waals surface area contributed by atoms with Crippen molar-refractivity contribution in [2.75, 3.05) is 6.54 Å². The molecule has 15 heavy (non-hydrogen) atoms. The van der Waals surface area contributed by atoms with Crippen LogP contribution in [0.1, 0.15) is 32.6 Å². The molecule has 0 radical (unpaired) electrons. The molecule has 0 bridgehead atoms. The quantitative estimate of drug-likeness (QED) is 0.345. The topological polar surface area (TPSA) is 54.5 Å². The van der Waals surface area contributed by atoms with Crippen molar-refractivity contribution in [1.82, 2.24) is 4.90 Å². The lowest BCUT2D eigenvalue weighted by atomic mass is 10.2. The lowest BCUT2D eigenvalue weighted by Crippen LogP contribution is -2.28. The molecule has 0 saturated carbocycles. The van der Waals surface area contributed by atoms with E-state index in [1.54, 1.807) is 13.0 Å². The maximum Gasteiger partial charge on any atom is 0.252 e. The van der Waals surface area contributed by atoms with Gasteiger partial charge in [0.2, 0.25) is 6.41 Å². The highest BCUT2D eigenvalue weighted by Crippen LogP contribution is 2.00. The van der Waals surface area contributed by atoms with Crippen LogP contribution in [0.25, 0.3) is 0 Å². The Bertz CT molecular complexity index is 236. The summed E-state index contributed by atoms with van der Waals surface area (Å²) in [5.41, 5.74) is 0. The van der Waals surface area contributed by atoms with Crippen LogP contribution in [0.4, 0.5) is 0 Å². The maximum absolute atomic E-state index is 11.2. The van der Waals surface area contributed by atoms with Gasteiger partial charge in [0.05, 0.1) is 0 Å². The van der Waals surface area contributed by atoms with Crippen molar-refractivity contribution >= 4 is 18.6 Å². The summed E-state index contributed by atoms with van der Waals surface area (Å²) in [5, 5.41) is 0. The number of amides is 2. The van der Waals surface area contributed by atoms with Gasteiger partial charge in [0, 0.05) is 13.0 Å². The van der Waals surface area contributed by atoms with Crippen LogP contribution < -0.4 is 0 Å². The van der Waals surface area contributed by atoms with Gasteiger partial charge in [-0.15, -0.1) is 0 Å². The molecular formula is C11H17NO3. The van der Waals surface area contributed by atoms with Gasteiger partial charge >= 0.3 is 0 Å². The van der Waals surface area contributed by atoms with Crippen molar-refractivity contribution in [2.45, 2.75) is 32.6 Å². The predicted octanol–water partition coefficient (Wildman–Crippen LogP) is 1.31. The Morgan fingerprint density at radius 3 is 2.47 bits per heavy atom. The summed E-state index contributed by atoms with van der Waals surface area (Å²) < 4.78 is 0. The molecule has 2 amide bonds. The third-order valence-electron chi connectivity index (χ3n) is 1.94. The predicted molar refractivity (Wildman–Crippen MR) is 57.1 cm³/mol. The summed E-state index contributed by atoms with van der Waals surface area (Å²) in [5.74, 6) is -0.289. The van der Waals surface area contributed by atoms with Crippen molar-refractivity contribution in [3.05, 3.63) is 12.2 Å². The monoisotopic (exact) mass is 211 g/mol. The second-order valence-corrected chi connectivity index (χ2v) is 3.15. The van der Waals surface area contributed by atoms with Crippen LogP contribution in [-0.4, -0.2) is 30.0 Å². The fraction of sp³-hybridized carbons (Fsp3) is 0.545. The van der Waals surface area contributed by atoms with Crippen molar-refractivity contribution in [1.29, 1.82) is 0 Å². The van der Waals surface area contributed by atoms with E-state index < -0.39 is 0 Å². The number of hydrogen-bond donors (Lipinski definition) is 0. The first-order valence-electron chi connectivity index (χ1n) is 5.08. The average molecular weight is 211 g/mol. The number of hydrogen-bond acceptors (Lipinski definition) is 3. The van der Waals surface area contributed by atoms with Gasteiger partial charge < -0.3 is 4.79 Å². The van der Waals surface area contributed by atoms with Gasteiger partial charge in [0.15, 0.2) is 0 Å². The molecule has 0 heterocycles. The summed E-state index contributed by atoms with van der Waals surface area (Å²) in [4.78, 5) is 33.0. The Morgan fingerprint density at radius 1 is 1.20 bits per heavy atom. The lowest BCUT2D eigenvalue weighted by molar-refractivity contribution is -0.134. The van der Waals surface area contributed by atoms with Crippen molar-refractivity contribution in [2.24, 2.45) is 0 Å². The van der Waals surface area contributed by atoms with Crippen LogP contribution in [0.15, 0.2) is 12.2 Å². The molecule has 0 aromatic carbocycles. The van der Waals surface area contributed by atoms with E-state index in [0.717, 1.165) is 30.4 Å². The number of unbranched alkanes of at least 4 members (excludes halogenated alkanes) is 3. The van der Waals surface area contributed by atoms with E-state index in [9.17, 15) is 14.4 Å². The maximum atomic E-state index is 11.2. The fourth-order valence-corrected chi connectivity index (χ4v) is 1.14. The van der Waals surface area contributed by atoms with Crippen molar-refractivity contribution < 1.29 is 14.4 Å². The molecule has 0 aromatic rings. The number of nitrogens with zero attached hydrogens (tertiary/aromatic N) is 1. The minimum Gasteiger partial charge on any atom is -0.303 e. The van der Waals surface area contributed by atoms with E-state index in [0.29, 0.717) is 19.4 Å². The molecule has 84 valence electrons. The first-order valence-corrected chi connectivity index (χ1v) is 5.08. The molecule has 4 nitrogen and oxygen atoms in total. The summed E-state index contributed by atoms with van der Waals surface area (Å²) >= 11 is 0. The van der Waals surface area contributed by atoms with E-state index in [-0.39, 0.29) is 5.91 Å². The molecule has 0 unspecified atom stereocenters. The molecule has 0 aliphatic rings. The Kier molecular flexibility index (Phi) is 8.24. The molecule has 0 rings (SSSR count). The zero-order valence-corrected chi connectivity index (χ0v) is 9.02. The fourth-order valence-electron chi connectivity index (χ4n) is 1.14. The Labute approximate surface area is 89.9 Å². The van der Waals surface area contributed by atoms with Crippen molar-refractivity contribution in [3.8, 4) is 0 Å². The molecular weight excluding hydrogens is 194 g/mol. The van der Waals surface area contributed by atoms with E-state index in [1.165, 1.54) is 6.08 Å². The molecule has 0 N–H and O–H groups in total. The van der Waals surface area contributed by atoms with E-state index in [4.69, 9.17) is 0 Å². The molecule has 0 atom stereocenters. The molecule has 0 saturated heterocycles. The van der Waals surface area contributed by atoms with E-state index in [2.05, 4.69) is 0 Å². The van der Waals surface area contributed by atoms with Crippen LogP contribution in [-0.2, 0) is 14.4 Å². The van der Waals surface area contributed by atoms with Crippen LogP contribution in [0.2, 0.25) is 0 Å². The molecule has 0 fully saturated rings. The minimum atomic E-state index is -0.289. The zero-order chi connectivity index (χ0) is 11.5. The minimum absolute atomic E-state index is 0.289. The van der Waals surface area contributed by atoms with Gasteiger partial charge in [-0.1, -0.05) is 12.5 Å². The van der Waals surface area contributed by atoms with Crippen LogP contribution in [0.3, 0.4) is 0 Å². The first kappa shape index (κ1) is 13.5. The largest absolute Gasteiger partial charge is 0.303 e. The summed E-state index contributed by atoms with van der Waals surface area (Å²) in [6.07, 6.45) is 7.34. The number of allylic oxidation sites excluding steroid dienone is 1. The van der Waals surface area contributed by atoms with Gasteiger partial charge in [-0.05, 0) is 25.8 Å². The number of rotatable bonds is 8. The van der Waals surface area contributed by atoms with Gasteiger partial charge in [-0.3, -0.25) is 14.5 Å². The SMILES string of the molecule is C/C=C\C(=O)N(C=O)CCCCCC=O. The second kappa shape index (κ2) is 9.12.